The van der Waals surface area contributed by atoms with Crippen LogP contribution in [0.3, 0.4) is 0 Å². The van der Waals surface area contributed by atoms with Crippen LogP contribution in [0, 0.1) is 0 Å². The summed E-state index contributed by atoms with van der Waals surface area (Å²) in [6.45, 7) is 0. The number of oxime groups is 1. The van der Waals surface area contributed by atoms with Gasteiger partial charge in [0.05, 0.1) is 0 Å². The molecule has 1 aromatic rings. The molecule has 2 aliphatic rings. The zero-order valence-electron chi connectivity index (χ0n) is 9.07. The van der Waals surface area contributed by atoms with Crippen molar-refractivity contribution >= 4 is 34.7 Å². The Morgan fingerprint density at radius 2 is 2.24 bits per heavy atom. The van der Waals surface area contributed by atoms with Crippen molar-refractivity contribution in [3.63, 3.8) is 0 Å². The first kappa shape index (κ1) is 11.0. The summed E-state index contributed by atoms with van der Waals surface area (Å²) in [6, 6.07) is 8.29. The second kappa shape index (κ2) is 4.63. The van der Waals surface area contributed by atoms with Crippen LogP contribution >= 0.6 is 23.8 Å². The zero-order valence-corrected chi connectivity index (χ0v) is 10.6. The fourth-order valence-corrected chi connectivity index (χ4v) is 2.84. The van der Waals surface area contributed by atoms with E-state index in [4.69, 9.17) is 15.9 Å². The monoisotopic (exact) mass is 266 g/mol. The molecule has 1 N–H and O–H groups in total. The van der Waals surface area contributed by atoms with E-state index in [1.54, 1.807) is 0 Å². The summed E-state index contributed by atoms with van der Waals surface area (Å²) < 4.78 is 7.83. The lowest BCUT2D eigenvalue weighted by Gasteiger charge is -2.19. The second-order valence-corrected chi connectivity index (χ2v) is 4.95. The summed E-state index contributed by atoms with van der Waals surface area (Å²) in [5.74, 6) is 0.836. The molecule has 88 valence electrons. The highest BCUT2D eigenvalue weighted by atomic mass is 35.5. The molecule has 0 saturated heterocycles. The van der Waals surface area contributed by atoms with Crippen molar-refractivity contribution in [3.8, 4) is 0 Å². The van der Waals surface area contributed by atoms with Crippen molar-refractivity contribution in [2.45, 2.75) is 19.3 Å². The highest BCUT2D eigenvalue weighted by molar-refractivity contribution is 7.93. The SMILES string of the molecule is ClC1=C(CC2=NOSN2)CCc2ccccc21. The van der Waals surface area contributed by atoms with Gasteiger partial charge in [-0.1, -0.05) is 41.0 Å². The predicted molar refractivity (Wildman–Crippen MR) is 71.4 cm³/mol. The van der Waals surface area contributed by atoms with Crippen molar-refractivity contribution in [3.05, 3.63) is 41.0 Å². The van der Waals surface area contributed by atoms with E-state index < -0.39 is 0 Å². The second-order valence-electron chi connectivity index (χ2n) is 4.05. The summed E-state index contributed by atoms with van der Waals surface area (Å²) in [6.07, 6.45) is 2.77. The average Bonchev–Trinajstić information content (AvgIpc) is 2.86. The molecule has 0 unspecified atom stereocenters. The summed E-state index contributed by atoms with van der Waals surface area (Å²) in [4.78, 5) is 0. The number of hydrogen-bond donors (Lipinski definition) is 1. The van der Waals surface area contributed by atoms with E-state index in [0.717, 1.165) is 47.9 Å². The molecule has 1 aromatic carbocycles. The lowest BCUT2D eigenvalue weighted by molar-refractivity contribution is 0.415. The van der Waals surface area contributed by atoms with Crippen molar-refractivity contribution in [1.29, 1.82) is 0 Å². The Morgan fingerprint density at radius 3 is 3.06 bits per heavy atom. The minimum Gasteiger partial charge on any atom is -0.297 e. The van der Waals surface area contributed by atoms with Crippen molar-refractivity contribution in [2.75, 3.05) is 0 Å². The molecule has 0 spiro atoms. The quantitative estimate of drug-likeness (QED) is 0.657. The Labute approximate surface area is 109 Å². The molecule has 0 amide bonds. The first-order valence-electron chi connectivity index (χ1n) is 5.46. The van der Waals surface area contributed by atoms with Gasteiger partial charge in [-0.25, -0.2) is 0 Å². The molecule has 1 aliphatic carbocycles. The van der Waals surface area contributed by atoms with Gasteiger partial charge in [0, 0.05) is 11.5 Å². The van der Waals surface area contributed by atoms with E-state index in [1.165, 1.54) is 11.1 Å². The third kappa shape index (κ3) is 2.15. The van der Waals surface area contributed by atoms with Crippen LogP contribution in [0.15, 0.2) is 35.0 Å². The van der Waals surface area contributed by atoms with Crippen molar-refractivity contribution < 1.29 is 4.28 Å². The molecule has 1 aliphatic heterocycles. The molecule has 0 radical (unpaired) electrons. The third-order valence-electron chi connectivity index (χ3n) is 2.99. The Kier molecular flexibility index (Phi) is 2.99. The van der Waals surface area contributed by atoms with E-state index in [0.29, 0.717) is 0 Å². The van der Waals surface area contributed by atoms with Gasteiger partial charge in [-0.3, -0.25) is 9.01 Å². The summed E-state index contributed by atoms with van der Waals surface area (Å²) in [7, 11) is 0. The molecule has 1 heterocycles. The number of amidine groups is 1. The van der Waals surface area contributed by atoms with Gasteiger partial charge in [0.25, 0.3) is 0 Å². The van der Waals surface area contributed by atoms with E-state index in [2.05, 4.69) is 28.1 Å². The number of benzene rings is 1. The van der Waals surface area contributed by atoms with E-state index >= 15 is 0 Å². The van der Waals surface area contributed by atoms with Gasteiger partial charge in [0.15, 0.2) is 5.84 Å². The number of nitrogens with one attached hydrogen (secondary N) is 1. The molecular formula is C12H11ClN2OS. The third-order valence-corrected chi connectivity index (χ3v) is 3.92. The van der Waals surface area contributed by atoms with Gasteiger partial charge < -0.3 is 0 Å². The maximum Gasteiger partial charge on any atom is 0.208 e. The average molecular weight is 267 g/mol. The lowest BCUT2D eigenvalue weighted by Crippen LogP contribution is -2.14. The van der Waals surface area contributed by atoms with Crippen molar-refractivity contribution in [1.82, 2.24) is 4.72 Å². The molecule has 0 bridgehead atoms. The largest absolute Gasteiger partial charge is 0.297 e. The van der Waals surface area contributed by atoms with Gasteiger partial charge in [0.1, 0.15) is 0 Å². The number of fused-ring (bicyclic) bond motifs is 1. The molecule has 0 fully saturated rings. The first-order valence-corrected chi connectivity index (χ1v) is 6.58. The zero-order chi connectivity index (χ0) is 11.7. The molecular weight excluding hydrogens is 256 g/mol. The van der Waals surface area contributed by atoms with Crippen LogP contribution in [0.1, 0.15) is 24.0 Å². The molecule has 3 nitrogen and oxygen atoms in total. The maximum atomic E-state index is 6.44. The van der Waals surface area contributed by atoms with Crippen LogP contribution in [0.5, 0.6) is 0 Å². The number of nitrogens with zero attached hydrogens (tertiary/aromatic N) is 1. The topological polar surface area (TPSA) is 33.6 Å². The maximum absolute atomic E-state index is 6.44. The number of hydrogen-bond acceptors (Lipinski definition) is 4. The molecule has 5 heteroatoms. The number of rotatable bonds is 2. The highest BCUT2D eigenvalue weighted by Crippen LogP contribution is 2.35. The predicted octanol–water partition coefficient (Wildman–Crippen LogP) is 3.47. The van der Waals surface area contributed by atoms with Gasteiger partial charge in [-0.05, 0) is 29.5 Å². The first-order chi connectivity index (χ1) is 8.34. The number of halogens is 1. The Hall–Kier alpha value is -1.13. The smallest absolute Gasteiger partial charge is 0.208 e. The van der Waals surface area contributed by atoms with Crippen LogP contribution < -0.4 is 4.72 Å². The minimum absolute atomic E-state index is 0.736. The van der Waals surface area contributed by atoms with Gasteiger partial charge >= 0.3 is 0 Å². The normalized spacial score (nSPS) is 18.3. The molecule has 0 atom stereocenters. The van der Waals surface area contributed by atoms with E-state index in [1.807, 2.05) is 6.07 Å². The fourth-order valence-electron chi connectivity index (χ4n) is 2.12. The summed E-state index contributed by atoms with van der Waals surface area (Å²) in [5.41, 5.74) is 3.71. The standard InChI is InChI=1S/C12H11ClN2OS/c13-12-9(7-11-14-16-17-15-11)6-5-8-3-1-2-4-10(8)12/h1-4H,5-7H2,(H,14,15). The van der Waals surface area contributed by atoms with Crippen molar-refractivity contribution in [2.24, 2.45) is 5.16 Å². The van der Waals surface area contributed by atoms with Crippen LogP contribution in [0.25, 0.3) is 5.03 Å². The van der Waals surface area contributed by atoms with Gasteiger partial charge in [-0.2, -0.15) is 0 Å². The minimum atomic E-state index is 0.736. The van der Waals surface area contributed by atoms with E-state index in [9.17, 15) is 0 Å². The number of aryl methyl sites for hydroxylation is 1. The van der Waals surface area contributed by atoms with Gasteiger partial charge in [-0.15, -0.1) is 0 Å². The molecule has 0 aromatic heterocycles. The Bertz CT molecular complexity index is 513. The molecule has 0 saturated carbocycles. The lowest BCUT2D eigenvalue weighted by atomic mass is 9.90. The summed E-state index contributed by atoms with van der Waals surface area (Å²) in [5, 5.41) is 4.76. The highest BCUT2D eigenvalue weighted by Gasteiger charge is 2.20. The van der Waals surface area contributed by atoms with Crippen LogP contribution in [0.2, 0.25) is 0 Å². The molecule has 17 heavy (non-hydrogen) atoms. The Balaban J connectivity index is 1.90. The fraction of sp³-hybridized carbons (Fsp3) is 0.250. The Morgan fingerprint density at radius 1 is 1.35 bits per heavy atom. The van der Waals surface area contributed by atoms with E-state index in [-0.39, 0.29) is 0 Å². The van der Waals surface area contributed by atoms with Gasteiger partial charge in [0.2, 0.25) is 12.2 Å². The van der Waals surface area contributed by atoms with Crippen LogP contribution in [-0.2, 0) is 10.7 Å². The van der Waals surface area contributed by atoms with Crippen LogP contribution in [0.4, 0.5) is 0 Å². The van der Waals surface area contributed by atoms with Crippen LogP contribution in [-0.4, -0.2) is 5.84 Å². The summed E-state index contributed by atoms with van der Waals surface area (Å²) >= 11 is 7.58. The molecule has 3 rings (SSSR count).